The smallest absolute Gasteiger partial charge is 0.140 e. The third-order valence-corrected chi connectivity index (χ3v) is 2.90. The zero-order chi connectivity index (χ0) is 13.7. The molecule has 1 heterocycles. The normalized spacial score (nSPS) is 11.8. The van der Waals surface area contributed by atoms with E-state index in [4.69, 9.17) is 5.26 Å². The van der Waals surface area contributed by atoms with Gasteiger partial charge in [0.05, 0.1) is 11.3 Å². The summed E-state index contributed by atoms with van der Waals surface area (Å²) in [6.07, 6.45) is 1.75. The Morgan fingerprint density at radius 2 is 2.21 bits per heavy atom. The van der Waals surface area contributed by atoms with Crippen LogP contribution >= 0.6 is 0 Å². The molecule has 1 aromatic heterocycles. The first kappa shape index (κ1) is 13.2. The molecule has 0 fully saturated rings. The maximum atomic E-state index is 13.2. The van der Waals surface area contributed by atoms with E-state index in [1.54, 1.807) is 18.3 Å². The van der Waals surface area contributed by atoms with Crippen molar-refractivity contribution in [1.82, 2.24) is 10.3 Å². The number of aromatic nitrogens is 1. The van der Waals surface area contributed by atoms with Gasteiger partial charge in [-0.3, -0.25) is 4.98 Å². The van der Waals surface area contributed by atoms with E-state index in [1.807, 2.05) is 31.2 Å². The van der Waals surface area contributed by atoms with Crippen LogP contribution in [0.25, 0.3) is 0 Å². The Hall–Kier alpha value is -2.25. The minimum Gasteiger partial charge on any atom is -0.305 e. The Kier molecular flexibility index (Phi) is 4.22. The van der Waals surface area contributed by atoms with E-state index in [2.05, 4.69) is 10.3 Å². The molecule has 0 saturated heterocycles. The highest BCUT2D eigenvalue weighted by molar-refractivity contribution is 5.34. The molecule has 0 unspecified atom stereocenters. The van der Waals surface area contributed by atoms with E-state index in [9.17, 15) is 4.39 Å². The van der Waals surface area contributed by atoms with Crippen LogP contribution in [-0.4, -0.2) is 4.98 Å². The number of nitrogens with one attached hydrogen (secondary N) is 1. The predicted molar refractivity (Wildman–Crippen MR) is 70.6 cm³/mol. The second-order valence-corrected chi connectivity index (χ2v) is 4.28. The second-order valence-electron chi connectivity index (χ2n) is 4.28. The predicted octanol–water partition coefficient (Wildman–Crippen LogP) is 2.94. The summed E-state index contributed by atoms with van der Waals surface area (Å²) in [5.74, 6) is -0.482. The van der Waals surface area contributed by atoms with Crippen molar-refractivity contribution in [3.63, 3.8) is 0 Å². The van der Waals surface area contributed by atoms with Crippen molar-refractivity contribution in [1.29, 1.82) is 5.26 Å². The van der Waals surface area contributed by atoms with Gasteiger partial charge in [-0.25, -0.2) is 4.39 Å². The van der Waals surface area contributed by atoms with Gasteiger partial charge in [-0.15, -0.1) is 0 Å². The molecule has 1 aromatic carbocycles. The fourth-order valence-corrected chi connectivity index (χ4v) is 1.78. The van der Waals surface area contributed by atoms with E-state index in [0.29, 0.717) is 6.54 Å². The number of nitriles is 1. The van der Waals surface area contributed by atoms with E-state index >= 15 is 0 Å². The van der Waals surface area contributed by atoms with Crippen LogP contribution in [-0.2, 0) is 6.54 Å². The van der Waals surface area contributed by atoms with Gasteiger partial charge < -0.3 is 5.32 Å². The average molecular weight is 255 g/mol. The molecule has 3 nitrogen and oxygen atoms in total. The number of halogens is 1. The largest absolute Gasteiger partial charge is 0.305 e. The summed E-state index contributed by atoms with van der Waals surface area (Å²) < 4.78 is 13.2. The zero-order valence-corrected chi connectivity index (χ0v) is 10.6. The lowest BCUT2D eigenvalue weighted by Crippen LogP contribution is -2.19. The number of hydrogen-bond acceptors (Lipinski definition) is 3. The lowest BCUT2D eigenvalue weighted by molar-refractivity contribution is 0.560. The fraction of sp³-hybridized carbons (Fsp3) is 0.200. The van der Waals surface area contributed by atoms with Crippen molar-refractivity contribution >= 4 is 0 Å². The molecule has 0 amide bonds. The molecule has 0 saturated carbocycles. The van der Waals surface area contributed by atoms with Crippen LogP contribution in [0.1, 0.15) is 29.8 Å². The summed E-state index contributed by atoms with van der Waals surface area (Å²) in [5, 5.41) is 12.1. The van der Waals surface area contributed by atoms with Gasteiger partial charge in [-0.1, -0.05) is 12.1 Å². The molecular formula is C15H14FN3. The van der Waals surface area contributed by atoms with Crippen LogP contribution in [0.2, 0.25) is 0 Å². The molecule has 1 N–H and O–H groups in total. The average Bonchev–Trinajstić information content (AvgIpc) is 2.47. The Bertz CT molecular complexity index is 590. The first-order chi connectivity index (χ1) is 9.20. The van der Waals surface area contributed by atoms with Crippen molar-refractivity contribution in [2.75, 3.05) is 0 Å². The number of hydrogen-bond donors (Lipinski definition) is 1. The van der Waals surface area contributed by atoms with Crippen LogP contribution in [0, 0.1) is 17.1 Å². The lowest BCUT2D eigenvalue weighted by Gasteiger charge is -2.13. The molecule has 1 atom stereocenters. The van der Waals surface area contributed by atoms with Crippen LogP contribution in [0.5, 0.6) is 0 Å². The molecule has 2 aromatic rings. The van der Waals surface area contributed by atoms with E-state index in [0.717, 1.165) is 11.3 Å². The van der Waals surface area contributed by atoms with E-state index in [-0.39, 0.29) is 11.6 Å². The molecule has 2 rings (SSSR count). The Labute approximate surface area is 111 Å². The number of benzene rings is 1. The van der Waals surface area contributed by atoms with E-state index < -0.39 is 5.82 Å². The van der Waals surface area contributed by atoms with Crippen LogP contribution in [0.15, 0.2) is 42.6 Å². The van der Waals surface area contributed by atoms with Crippen LogP contribution < -0.4 is 5.32 Å². The van der Waals surface area contributed by atoms with Gasteiger partial charge in [-0.05, 0) is 36.8 Å². The number of rotatable bonds is 4. The highest BCUT2D eigenvalue weighted by Crippen LogP contribution is 2.12. The lowest BCUT2D eigenvalue weighted by atomic mass is 10.1. The summed E-state index contributed by atoms with van der Waals surface area (Å²) >= 11 is 0. The molecular weight excluding hydrogens is 241 g/mol. The highest BCUT2D eigenvalue weighted by Gasteiger charge is 2.07. The SMILES string of the molecule is C[C@@H](NCc1ccc(F)c(C#N)c1)c1ccccn1. The fourth-order valence-electron chi connectivity index (χ4n) is 1.78. The number of nitrogens with zero attached hydrogens (tertiary/aromatic N) is 2. The highest BCUT2D eigenvalue weighted by atomic mass is 19.1. The van der Waals surface area contributed by atoms with Gasteiger partial charge in [0.25, 0.3) is 0 Å². The first-order valence-electron chi connectivity index (χ1n) is 6.03. The molecule has 0 spiro atoms. The summed E-state index contributed by atoms with van der Waals surface area (Å²) in [4.78, 5) is 4.26. The van der Waals surface area contributed by atoms with Crippen molar-refractivity contribution in [2.45, 2.75) is 19.5 Å². The molecule has 4 heteroatoms. The van der Waals surface area contributed by atoms with Crippen molar-refractivity contribution in [3.8, 4) is 6.07 Å². The second kappa shape index (κ2) is 6.07. The van der Waals surface area contributed by atoms with Crippen LogP contribution in [0.4, 0.5) is 4.39 Å². The third kappa shape index (κ3) is 3.36. The summed E-state index contributed by atoms with van der Waals surface area (Å²) in [5.41, 5.74) is 1.90. The quantitative estimate of drug-likeness (QED) is 0.913. The molecule has 96 valence electrons. The number of pyridine rings is 1. The first-order valence-corrected chi connectivity index (χ1v) is 6.03. The van der Waals surface area contributed by atoms with Crippen LogP contribution in [0.3, 0.4) is 0 Å². The monoisotopic (exact) mass is 255 g/mol. The Balaban J connectivity index is 2.01. The van der Waals surface area contributed by atoms with Gasteiger partial charge in [0.15, 0.2) is 0 Å². The van der Waals surface area contributed by atoms with Gasteiger partial charge in [0.1, 0.15) is 11.9 Å². The molecule has 0 radical (unpaired) electrons. The Morgan fingerprint density at radius 3 is 2.89 bits per heavy atom. The molecule has 0 bridgehead atoms. The zero-order valence-electron chi connectivity index (χ0n) is 10.6. The molecule has 19 heavy (non-hydrogen) atoms. The maximum absolute atomic E-state index is 13.2. The van der Waals surface area contributed by atoms with Gasteiger partial charge in [0.2, 0.25) is 0 Å². The van der Waals surface area contributed by atoms with Gasteiger partial charge >= 0.3 is 0 Å². The van der Waals surface area contributed by atoms with Crippen molar-refractivity contribution in [3.05, 3.63) is 65.2 Å². The van der Waals surface area contributed by atoms with Crippen molar-refractivity contribution < 1.29 is 4.39 Å². The molecule has 0 aliphatic carbocycles. The maximum Gasteiger partial charge on any atom is 0.140 e. The minimum atomic E-state index is -0.482. The minimum absolute atomic E-state index is 0.0739. The summed E-state index contributed by atoms with van der Waals surface area (Å²) in [6, 6.07) is 12.2. The Morgan fingerprint density at radius 1 is 1.37 bits per heavy atom. The summed E-state index contributed by atoms with van der Waals surface area (Å²) in [7, 11) is 0. The molecule has 0 aliphatic rings. The van der Waals surface area contributed by atoms with E-state index in [1.165, 1.54) is 6.07 Å². The summed E-state index contributed by atoms with van der Waals surface area (Å²) in [6.45, 7) is 2.57. The topological polar surface area (TPSA) is 48.7 Å². The van der Waals surface area contributed by atoms with Crippen molar-refractivity contribution in [2.24, 2.45) is 0 Å². The van der Waals surface area contributed by atoms with Gasteiger partial charge in [-0.2, -0.15) is 5.26 Å². The third-order valence-electron chi connectivity index (χ3n) is 2.90. The molecule has 0 aliphatic heterocycles. The standard InChI is InChI=1S/C15H14FN3/c1-11(15-4-2-3-7-18-15)19-10-12-5-6-14(16)13(8-12)9-17/h2-8,11,19H,10H2,1H3/t11-/m1/s1. The van der Waals surface area contributed by atoms with Gasteiger partial charge in [0, 0.05) is 18.8 Å².